The van der Waals surface area contributed by atoms with E-state index in [1.807, 2.05) is 13.8 Å². The predicted molar refractivity (Wildman–Crippen MR) is 75.2 cm³/mol. The summed E-state index contributed by atoms with van der Waals surface area (Å²) < 4.78 is 11.3. The number of ether oxygens (including phenoxy) is 2. The van der Waals surface area contributed by atoms with E-state index < -0.39 is 5.79 Å². The van der Waals surface area contributed by atoms with Gasteiger partial charge < -0.3 is 14.6 Å². The zero-order valence-electron chi connectivity index (χ0n) is 12.3. The summed E-state index contributed by atoms with van der Waals surface area (Å²) in [5.74, 6) is 1.68. The largest absolute Gasteiger partial charge is 0.396 e. The van der Waals surface area contributed by atoms with Gasteiger partial charge in [0.2, 0.25) is 0 Å². The monoisotopic (exact) mass is 515 g/mol. The van der Waals surface area contributed by atoms with E-state index in [-0.39, 0.29) is 68.6 Å². The molecule has 1 aliphatic carbocycles. The number of aliphatic hydroxyl groups excluding tert-OH is 1. The second-order valence-corrected chi connectivity index (χ2v) is 6.97. The van der Waals surface area contributed by atoms with E-state index in [0.717, 1.165) is 24.3 Å². The number of carbonyl (C=O) groups excluding carboxylic acids is 1. The van der Waals surface area contributed by atoms with E-state index >= 15 is 0 Å². The average molecular weight is 515 g/mol. The molecule has 113 valence electrons. The van der Waals surface area contributed by atoms with Gasteiger partial charge in [0.1, 0.15) is 5.78 Å². The van der Waals surface area contributed by atoms with Crippen LogP contribution in [0.3, 0.4) is 0 Å². The zero-order valence-corrected chi connectivity index (χ0v) is 17.9. The number of carbonyl (C=O) groups is 1. The van der Waals surface area contributed by atoms with Crippen LogP contribution in [0.1, 0.15) is 33.1 Å². The van der Waals surface area contributed by atoms with Crippen LogP contribution in [0.15, 0.2) is 0 Å². The fourth-order valence-corrected chi connectivity index (χ4v) is 4.08. The van der Waals surface area contributed by atoms with Gasteiger partial charge in [0.15, 0.2) is 5.79 Å². The van der Waals surface area contributed by atoms with E-state index in [9.17, 15) is 9.90 Å². The van der Waals surface area contributed by atoms with Crippen LogP contribution in [-0.4, -0.2) is 47.5 Å². The fourth-order valence-electron chi connectivity index (χ4n) is 2.81. The molecule has 0 spiro atoms. The average Bonchev–Trinajstić information content (AvgIpc) is 2.71. The zero-order chi connectivity index (χ0) is 13.9. The molecule has 2 rings (SSSR count). The molecule has 1 N–H and O–H groups in total. The number of ketones is 1. The van der Waals surface area contributed by atoms with Crippen molar-refractivity contribution in [3.63, 3.8) is 0 Å². The molecule has 0 aromatic heterocycles. The van der Waals surface area contributed by atoms with Gasteiger partial charge in [-0.25, -0.2) is 0 Å². The van der Waals surface area contributed by atoms with Crippen molar-refractivity contribution in [1.82, 2.24) is 0 Å². The van der Waals surface area contributed by atoms with Gasteiger partial charge in [0, 0.05) is 74.5 Å². The first kappa shape index (κ1) is 19.4. The third-order valence-electron chi connectivity index (χ3n) is 3.88. The van der Waals surface area contributed by atoms with Gasteiger partial charge in [0.25, 0.3) is 0 Å². The predicted octanol–water partition coefficient (Wildman–Crippen LogP) is 1.85. The maximum absolute atomic E-state index is 11.9. The number of thioether (sulfide) groups is 1. The molecular weight excluding hydrogens is 491 g/mol. The number of rotatable bonds is 5. The second-order valence-electron chi connectivity index (χ2n) is 5.90. The third-order valence-corrected chi connectivity index (χ3v) is 5.09. The number of hydrogen-bond donors (Lipinski definition) is 1. The first-order valence-corrected chi connectivity index (χ1v) is 8.20. The molecule has 6 heteroatoms. The summed E-state index contributed by atoms with van der Waals surface area (Å²) in [4.78, 5) is 11.9. The van der Waals surface area contributed by atoms with Gasteiger partial charge in [0.05, 0.1) is 12.7 Å². The van der Waals surface area contributed by atoms with Crippen LogP contribution in [0.5, 0.6) is 0 Å². The molecular formula is C14H24AcO4S. The summed E-state index contributed by atoms with van der Waals surface area (Å²) >= 11 is 1.74. The molecule has 2 fully saturated rings. The molecule has 0 aromatic rings. The Balaban J connectivity index is 0.00000200. The number of hydrogen-bond acceptors (Lipinski definition) is 5. The van der Waals surface area contributed by atoms with Crippen molar-refractivity contribution in [2.45, 2.75) is 45.0 Å². The quantitative estimate of drug-likeness (QED) is 0.606. The van der Waals surface area contributed by atoms with E-state index in [2.05, 4.69) is 0 Å². The van der Waals surface area contributed by atoms with Crippen molar-refractivity contribution in [3.8, 4) is 0 Å². The van der Waals surface area contributed by atoms with Crippen LogP contribution in [0.25, 0.3) is 0 Å². The van der Waals surface area contributed by atoms with E-state index in [0.29, 0.717) is 18.8 Å². The van der Waals surface area contributed by atoms with E-state index in [1.54, 1.807) is 11.8 Å². The summed E-state index contributed by atoms with van der Waals surface area (Å²) in [6, 6.07) is 0. The molecule has 1 radical (unpaired) electrons. The van der Waals surface area contributed by atoms with E-state index in [4.69, 9.17) is 9.47 Å². The first-order chi connectivity index (χ1) is 9.02. The molecule has 1 saturated heterocycles. The van der Waals surface area contributed by atoms with Crippen molar-refractivity contribution >= 4 is 17.5 Å². The minimum absolute atomic E-state index is 0. The minimum atomic E-state index is -0.473. The molecule has 1 heterocycles. The van der Waals surface area contributed by atoms with Gasteiger partial charge in [-0.05, 0) is 32.6 Å². The van der Waals surface area contributed by atoms with Gasteiger partial charge in [-0.1, -0.05) is 0 Å². The molecule has 2 aliphatic rings. The van der Waals surface area contributed by atoms with Gasteiger partial charge >= 0.3 is 0 Å². The Morgan fingerprint density at radius 3 is 2.75 bits per heavy atom. The number of Topliss-reactive ketones (excluding diaryl/α,β-unsaturated/α-hetero) is 1. The summed E-state index contributed by atoms with van der Waals surface area (Å²) in [7, 11) is 0. The van der Waals surface area contributed by atoms with Crippen molar-refractivity contribution in [2.75, 3.05) is 24.7 Å². The topological polar surface area (TPSA) is 55.8 Å². The van der Waals surface area contributed by atoms with Crippen molar-refractivity contribution in [1.29, 1.82) is 0 Å². The molecule has 1 saturated carbocycles. The standard InChI is InChI=1S/C14H24O4S.Ac/c1-14(2)17-7-11(18-14)8-19-9-12-10(6-15)4-3-5-13(12)16;/h10-12,15H,3-9H2,1-2H3;. The minimum Gasteiger partial charge on any atom is -0.396 e. The van der Waals surface area contributed by atoms with Gasteiger partial charge in [-0.2, -0.15) is 11.8 Å². The maximum Gasteiger partial charge on any atom is 0.163 e. The Hall–Kier alpha value is 1.34. The molecule has 1 aliphatic heterocycles. The number of aliphatic hydroxyl groups is 1. The third kappa shape index (κ3) is 5.52. The van der Waals surface area contributed by atoms with Crippen molar-refractivity contribution in [2.24, 2.45) is 11.8 Å². The van der Waals surface area contributed by atoms with Crippen LogP contribution in [0.4, 0.5) is 0 Å². The normalized spacial score (nSPS) is 33.0. The molecule has 0 amide bonds. The van der Waals surface area contributed by atoms with Crippen LogP contribution in [0.2, 0.25) is 0 Å². The van der Waals surface area contributed by atoms with Crippen LogP contribution in [0, 0.1) is 55.9 Å². The Bertz CT molecular complexity index is 324. The first-order valence-electron chi connectivity index (χ1n) is 7.05. The molecule has 4 nitrogen and oxygen atoms in total. The summed E-state index contributed by atoms with van der Waals surface area (Å²) in [6.45, 7) is 4.60. The summed E-state index contributed by atoms with van der Waals surface area (Å²) in [5, 5.41) is 9.35. The molecule has 3 unspecified atom stereocenters. The van der Waals surface area contributed by atoms with Crippen molar-refractivity contribution < 1.29 is 63.4 Å². The van der Waals surface area contributed by atoms with Crippen LogP contribution < -0.4 is 0 Å². The molecule has 0 aromatic carbocycles. The fraction of sp³-hybridized carbons (Fsp3) is 0.929. The Morgan fingerprint density at radius 2 is 2.15 bits per heavy atom. The SMILES string of the molecule is CC1(C)OCC(CSCC2C(=O)CCCC2CO)O1.[Ac]. The smallest absolute Gasteiger partial charge is 0.163 e. The Morgan fingerprint density at radius 1 is 1.40 bits per heavy atom. The second kappa shape index (κ2) is 8.84. The van der Waals surface area contributed by atoms with Crippen molar-refractivity contribution in [3.05, 3.63) is 0 Å². The van der Waals surface area contributed by atoms with Crippen LogP contribution in [-0.2, 0) is 14.3 Å². The summed E-state index contributed by atoms with van der Waals surface area (Å²) in [5.41, 5.74) is 0. The summed E-state index contributed by atoms with van der Waals surface area (Å²) in [6.07, 6.45) is 2.70. The van der Waals surface area contributed by atoms with Crippen LogP contribution >= 0.6 is 11.8 Å². The Labute approximate surface area is 161 Å². The van der Waals surface area contributed by atoms with Gasteiger partial charge in [-0.3, -0.25) is 4.79 Å². The maximum atomic E-state index is 11.9. The molecule has 3 atom stereocenters. The van der Waals surface area contributed by atoms with Gasteiger partial charge in [-0.15, -0.1) is 0 Å². The molecule has 0 bridgehead atoms. The Kier molecular flexibility index (Phi) is 8.57. The van der Waals surface area contributed by atoms with E-state index in [1.165, 1.54) is 0 Å². The molecule has 20 heavy (non-hydrogen) atoms.